The number of thioether (sulfide) groups is 1. The predicted molar refractivity (Wildman–Crippen MR) is 79.9 cm³/mol. The molecule has 0 radical (unpaired) electrons. The molecule has 1 aromatic carbocycles. The van der Waals surface area contributed by atoms with Crippen LogP contribution in [0.3, 0.4) is 0 Å². The highest BCUT2D eigenvalue weighted by molar-refractivity contribution is 7.98. The highest BCUT2D eigenvalue weighted by Crippen LogP contribution is 2.08. The van der Waals surface area contributed by atoms with Gasteiger partial charge in [0.05, 0.1) is 12.6 Å². The fraction of sp³-hybridized carbons (Fsp3) is 0.500. The lowest BCUT2D eigenvalue weighted by atomic mass is 10.1. The normalized spacial score (nSPS) is 12.2. The predicted octanol–water partition coefficient (Wildman–Crippen LogP) is 1.09. The van der Waals surface area contributed by atoms with E-state index < -0.39 is 6.04 Å². The van der Waals surface area contributed by atoms with E-state index in [0.29, 0.717) is 19.5 Å². The van der Waals surface area contributed by atoms with Gasteiger partial charge in [-0.15, -0.1) is 0 Å². The van der Waals surface area contributed by atoms with Gasteiger partial charge in [-0.2, -0.15) is 11.8 Å². The standard InChI is InChI=1S/C14H22N2O2S/c1-19-10-7-13(15)14(18)16(8-9-17)11-12-5-3-2-4-6-12/h2-6,13,17H,7-11,15H2,1H3/t13-/m1/s1. The summed E-state index contributed by atoms with van der Waals surface area (Å²) in [6, 6.07) is 9.25. The van der Waals surface area contributed by atoms with Gasteiger partial charge in [0.15, 0.2) is 0 Å². The summed E-state index contributed by atoms with van der Waals surface area (Å²) in [5, 5.41) is 9.08. The molecule has 1 aromatic rings. The van der Waals surface area contributed by atoms with Crippen LogP contribution in [0.5, 0.6) is 0 Å². The number of nitrogens with zero attached hydrogens (tertiary/aromatic N) is 1. The maximum Gasteiger partial charge on any atom is 0.239 e. The molecule has 5 heteroatoms. The Kier molecular flexibility index (Phi) is 7.55. The summed E-state index contributed by atoms with van der Waals surface area (Å²) < 4.78 is 0. The topological polar surface area (TPSA) is 66.6 Å². The molecule has 0 saturated heterocycles. The van der Waals surface area contributed by atoms with Crippen molar-refractivity contribution in [2.45, 2.75) is 19.0 Å². The van der Waals surface area contributed by atoms with Crippen molar-refractivity contribution in [2.24, 2.45) is 5.73 Å². The number of benzene rings is 1. The van der Waals surface area contributed by atoms with E-state index in [4.69, 9.17) is 10.8 Å². The van der Waals surface area contributed by atoms with Crippen molar-refractivity contribution < 1.29 is 9.90 Å². The molecule has 0 aliphatic heterocycles. The van der Waals surface area contributed by atoms with Crippen LogP contribution in [0.2, 0.25) is 0 Å². The minimum atomic E-state index is -0.484. The number of nitrogens with two attached hydrogens (primary N) is 1. The molecule has 0 aliphatic rings. The molecule has 0 spiro atoms. The number of aliphatic hydroxyl groups is 1. The molecular weight excluding hydrogens is 260 g/mol. The summed E-state index contributed by atoms with van der Waals surface area (Å²) in [4.78, 5) is 13.8. The lowest BCUT2D eigenvalue weighted by molar-refractivity contribution is -0.133. The van der Waals surface area contributed by atoms with E-state index in [1.807, 2.05) is 36.6 Å². The smallest absolute Gasteiger partial charge is 0.239 e. The number of hydrogen-bond donors (Lipinski definition) is 2. The second kappa shape index (κ2) is 8.96. The van der Waals surface area contributed by atoms with Gasteiger partial charge in [0.25, 0.3) is 0 Å². The van der Waals surface area contributed by atoms with Crippen LogP contribution in [0.4, 0.5) is 0 Å². The van der Waals surface area contributed by atoms with Crippen molar-refractivity contribution >= 4 is 17.7 Å². The quantitative estimate of drug-likeness (QED) is 0.749. The van der Waals surface area contributed by atoms with Crippen molar-refractivity contribution in [3.8, 4) is 0 Å². The Bertz CT molecular complexity index is 373. The summed E-state index contributed by atoms with van der Waals surface area (Å²) in [5.74, 6) is 0.775. The van der Waals surface area contributed by atoms with Gasteiger partial charge < -0.3 is 15.7 Å². The molecule has 1 amide bonds. The molecule has 0 aliphatic carbocycles. The van der Waals surface area contributed by atoms with E-state index in [2.05, 4.69) is 0 Å². The van der Waals surface area contributed by atoms with E-state index in [0.717, 1.165) is 11.3 Å². The summed E-state index contributed by atoms with van der Waals surface area (Å²) >= 11 is 1.68. The molecule has 0 bridgehead atoms. The molecule has 1 rings (SSSR count). The number of aliphatic hydroxyl groups excluding tert-OH is 1. The van der Waals surface area contributed by atoms with E-state index >= 15 is 0 Å². The molecule has 3 N–H and O–H groups in total. The van der Waals surface area contributed by atoms with Crippen molar-refractivity contribution in [1.82, 2.24) is 4.90 Å². The molecular formula is C14H22N2O2S. The average molecular weight is 282 g/mol. The number of hydrogen-bond acceptors (Lipinski definition) is 4. The van der Waals surface area contributed by atoms with Crippen LogP contribution in [0, 0.1) is 0 Å². The van der Waals surface area contributed by atoms with Crippen LogP contribution >= 0.6 is 11.8 Å². The first-order chi connectivity index (χ1) is 9.19. The Morgan fingerprint density at radius 1 is 1.42 bits per heavy atom. The maximum absolute atomic E-state index is 12.2. The third-order valence-corrected chi connectivity index (χ3v) is 3.49. The zero-order chi connectivity index (χ0) is 14.1. The summed E-state index contributed by atoms with van der Waals surface area (Å²) in [7, 11) is 0. The molecule has 0 unspecified atom stereocenters. The number of carbonyl (C=O) groups excluding carboxylic acids is 1. The van der Waals surface area contributed by atoms with Gasteiger partial charge >= 0.3 is 0 Å². The molecule has 1 atom stereocenters. The van der Waals surface area contributed by atoms with Gasteiger partial charge in [-0.3, -0.25) is 4.79 Å². The van der Waals surface area contributed by atoms with Crippen molar-refractivity contribution in [3.63, 3.8) is 0 Å². The maximum atomic E-state index is 12.2. The first-order valence-corrected chi connectivity index (χ1v) is 7.76. The first-order valence-electron chi connectivity index (χ1n) is 6.37. The Morgan fingerprint density at radius 3 is 2.68 bits per heavy atom. The van der Waals surface area contributed by atoms with Gasteiger partial charge in [0.2, 0.25) is 5.91 Å². The minimum Gasteiger partial charge on any atom is -0.395 e. The molecule has 106 valence electrons. The van der Waals surface area contributed by atoms with E-state index in [1.165, 1.54) is 0 Å². The third kappa shape index (κ3) is 5.63. The number of rotatable bonds is 8. The second-order valence-corrected chi connectivity index (χ2v) is 5.34. The van der Waals surface area contributed by atoms with Crippen LogP contribution < -0.4 is 5.73 Å². The van der Waals surface area contributed by atoms with E-state index in [1.54, 1.807) is 16.7 Å². The molecule has 0 saturated carbocycles. The lowest BCUT2D eigenvalue weighted by Gasteiger charge is -2.25. The summed E-state index contributed by atoms with van der Waals surface area (Å²) in [6.07, 6.45) is 2.66. The van der Waals surface area contributed by atoms with Crippen molar-refractivity contribution in [2.75, 3.05) is 25.2 Å². The Morgan fingerprint density at radius 2 is 2.11 bits per heavy atom. The fourth-order valence-corrected chi connectivity index (χ4v) is 2.28. The largest absolute Gasteiger partial charge is 0.395 e. The summed E-state index contributed by atoms with van der Waals surface area (Å²) in [5.41, 5.74) is 6.94. The third-order valence-electron chi connectivity index (χ3n) is 2.85. The molecule has 4 nitrogen and oxygen atoms in total. The Balaban J connectivity index is 2.63. The highest BCUT2D eigenvalue weighted by Gasteiger charge is 2.20. The van der Waals surface area contributed by atoms with Gasteiger partial charge in [0, 0.05) is 13.1 Å². The van der Waals surface area contributed by atoms with Gasteiger partial charge in [-0.25, -0.2) is 0 Å². The molecule has 0 fully saturated rings. The van der Waals surface area contributed by atoms with E-state index in [9.17, 15) is 4.79 Å². The second-order valence-electron chi connectivity index (χ2n) is 4.36. The molecule has 0 aromatic heterocycles. The van der Waals surface area contributed by atoms with Crippen molar-refractivity contribution in [3.05, 3.63) is 35.9 Å². The SMILES string of the molecule is CSCC[C@@H](N)C(=O)N(CCO)Cc1ccccc1. The van der Waals surface area contributed by atoms with Crippen LogP contribution in [0.25, 0.3) is 0 Å². The average Bonchev–Trinajstić information content (AvgIpc) is 2.44. The highest BCUT2D eigenvalue weighted by atomic mass is 32.2. The van der Waals surface area contributed by atoms with Gasteiger partial charge in [-0.1, -0.05) is 30.3 Å². The number of amides is 1. The van der Waals surface area contributed by atoms with Crippen LogP contribution in [0.15, 0.2) is 30.3 Å². The van der Waals surface area contributed by atoms with Crippen molar-refractivity contribution in [1.29, 1.82) is 0 Å². The number of carbonyl (C=O) groups is 1. The van der Waals surface area contributed by atoms with Gasteiger partial charge in [0.1, 0.15) is 0 Å². The van der Waals surface area contributed by atoms with E-state index in [-0.39, 0.29) is 12.5 Å². The zero-order valence-corrected chi connectivity index (χ0v) is 12.1. The summed E-state index contributed by atoms with van der Waals surface area (Å²) in [6.45, 7) is 0.766. The molecule has 0 heterocycles. The molecule has 19 heavy (non-hydrogen) atoms. The van der Waals surface area contributed by atoms with Gasteiger partial charge in [-0.05, 0) is 24.0 Å². The lowest BCUT2D eigenvalue weighted by Crippen LogP contribution is -2.44. The zero-order valence-electron chi connectivity index (χ0n) is 11.3. The fourth-order valence-electron chi connectivity index (χ4n) is 1.79. The minimum absolute atomic E-state index is 0.0478. The first kappa shape index (κ1) is 16.0. The Labute approximate surface area is 119 Å². The van der Waals surface area contributed by atoms with Crippen LogP contribution in [-0.2, 0) is 11.3 Å². The van der Waals surface area contributed by atoms with Crippen LogP contribution in [-0.4, -0.2) is 47.1 Å². The Hall–Kier alpha value is -1.04. The monoisotopic (exact) mass is 282 g/mol. The van der Waals surface area contributed by atoms with Crippen LogP contribution in [0.1, 0.15) is 12.0 Å².